The van der Waals surface area contributed by atoms with Crippen LogP contribution in [-0.2, 0) is 0 Å². The van der Waals surface area contributed by atoms with Gasteiger partial charge in [-0.3, -0.25) is 0 Å². The van der Waals surface area contributed by atoms with Crippen LogP contribution in [0.5, 0.6) is 0 Å². The second-order valence-corrected chi connectivity index (χ2v) is 9.45. The number of nitrogens with one attached hydrogen (secondary N) is 2. The number of carboxylic acid groups (broad SMARTS) is 2. The standard InChI is InChI=1S/C24H29N7O4/c25-15-5-7-16(8-6-15)28-24-29-20(19-21(30-24)31(12-26-19)18-3-1-2-4-18)27-17-10-13(22(32)33)9-14(11-17)23(34)35/h9-12,15-16,18H,1-8,25H2,(H,32,33)(H,34,35)(H2,27,28,29,30). The van der Waals surface area contributed by atoms with Crippen molar-refractivity contribution < 1.29 is 19.8 Å². The molecule has 35 heavy (non-hydrogen) atoms. The van der Waals surface area contributed by atoms with Gasteiger partial charge in [0.2, 0.25) is 5.95 Å². The lowest BCUT2D eigenvalue weighted by Crippen LogP contribution is -2.33. The van der Waals surface area contributed by atoms with Crippen molar-refractivity contribution in [1.29, 1.82) is 0 Å². The Hall–Kier alpha value is -3.73. The van der Waals surface area contributed by atoms with Crippen molar-refractivity contribution in [3.8, 4) is 0 Å². The lowest BCUT2D eigenvalue weighted by molar-refractivity contribution is 0.0696. The highest BCUT2D eigenvalue weighted by Crippen LogP contribution is 2.34. The average Bonchev–Trinajstić information content (AvgIpc) is 3.50. The fraction of sp³-hybridized carbons (Fsp3) is 0.458. The first-order chi connectivity index (χ1) is 16.9. The number of nitrogens with zero attached hydrogens (tertiary/aromatic N) is 4. The highest BCUT2D eigenvalue weighted by Gasteiger charge is 2.24. The molecule has 0 spiro atoms. The van der Waals surface area contributed by atoms with Gasteiger partial charge < -0.3 is 31.1 Å². The van der Waals surface area contributed by atoms with Crippen molar-refractivity contribution in [2.45, 2.75) is 69.5 Å². The molecule has 11 heteroatoms. The maximum atomic E-state index is 11.6. The van der Waals surface area contributed by atoms with Crippen molar-refractivity contribution in [2.75, 3.05) is 10.6 Å². The average molecular weight is 480 g/mol. The molecule has 184 valence electrons. The first kappa shape index (κ1) is 23.0. The van der Waals surface area contributed by atoms with Crippen LogP contribution < -0.4 is 16.4 Å². The molecule has 11 nitrogen and oxygen atoms in total. The van der Waals surface area contributed by atoms with E-state index in [-0.39, 0.29) is 23.2 Å². The normalized spacial score (nSPS) is 20.7. The molecule has 2 heterocycles. The third kappa shape index (κ3) is 4.90. The summed E-state index contributed by atoms with van der Waals surface area (Å²) in [5.41, 5.74) is 7.32. The van der Waals surface area contributed by atoms with Crippen LogP contribution in [0.3, 0.4) is 0 Å². The number of carbonyl (C=O) groups is 2. The lowest BCUT2D eigenvalue weighted by atomic mass is 9.92. The number of aromatic nitrogens is 4. The number of hydrogen-bond donors (Lipinski definition) is 5. The number of anilines is 3. The summed E-state index contributed by atoms with van der Waals surface area (Å²) in [6, 6.07) is 4.64. The summed E-state index contributed by atoms with van der Waals surface area (Å²) >= 11 is 0. The van der Waals surface area contributed by atoms with Gasteiger partial charge in [-0.25, -0.2) is 14.6 Å². The molecule has 0 saturated heterocycles. The van der Waals surface area contributed by atoms with Crippen LogP contribution in [0, 0.1) is 0 Å². The van der Waals surface area contributed by atoms with Gasteiger partial charge >= 0.3 is 11.9 Å². The molecule has 3 aromatic rings. The van der Waals surface area contributed by atoms with Crippen LogP contribution in [-0.4, -0.2) is 53.8 Å². The number of carboxylic acids is 2. The zero-order chi connectivity index (χ0) is 24.5. The third-order valence-electron chi connectivity index (χ3n) is 6.93. The zero-order valence-electron chi connectivity index (χ0n) is 19.3. The van der Waals surface area contributed by atoms with Gasteiger partial charge in [-0.1, -0.05) is 12.8 Å². The number of hydrogen-bond acceptors (Lipinski definition) is 8. The first-order valence-corrected chi connectivity index (χ1v) is 12.0. The van der Waals surface area contributed by atoms with E-state index in [1.807, 2.05) is 0 Å². The van der Waals surface area contributed by atoms with Gasteiger partial charge in [0.05, 0.1) is 17.5 Å². The minimum atomic E-state index is -1.22. The molecule has 0 atom stereocenters. The Bertz CT molecular complexity index is 1230. The van der Waals surface area contributed by atoms with Crippen LogP contribution in [0.1, 0.15) is 78.1 Å². The Labute approximate surface area is 201 Å². The molecule has 2 aromatic heterocycles. The minimum Gasteiger partial charge on any atom is -0.478 e. The Kier molecular flexibility index (Phi) is 6.25. The molecular weight excluding hydrogens is 450 g/mol. The summed E-state index contributed by atoms with van der Waals surface area (Å²) < 4.78 is 2.09. The maximum absolute atomic E-state index is 11.6. The van der Waals surface area contributed by atoms with Crippen LogP contribution >= 0.6 is 0 Å². The number of nitrogens with two attached hydrogens (primary N) is 1. The van der Waals surface area contributed by atoms with E-state index in [1.165, 1.54) is 12.1 Å². The van der Waals surface area contributed by atoms with E-state index in [1.54, 1.807) is 6.33 Å². The van der Waals surface area contributed by atoms with Gasteiger partial charge in [0.15, 0.2) is 17.0 Å². The molecule has 2 saturated carbocycles. The Morgan fingerprint density at radius 3 is 2.23 bits per heavy atom. The summed E-state index contributed by atoms with van der Waals surface area (Å²) in [6.45, 7) is 0. The molecule has 0 unspecified atom stereocenters. The SMILES string of the molecule is NC1CCC(Nc2nc(Nc3cc(C(=O)O)cc(C(=O)O)c3)c3ncn(C4CCCC4)c3n2)CC1. The van der Waals surface area contributed by atoms with Gasteiger partial charge in [0, 0.05) is 23.8 Å². The van der Waals surface area contributed by atoms with Crippen LogP contribution in [0.2, 0.25) is 0 Å². The first-order valence-electron chi connectivity index (χ1n) is 12.0. The largest absolute Gasteiger partial charge is 0.478 e. The van der Waals surface area contributed by atoms with Crippen molar-refractivity contribution in [1.82, 2.24) is 19.5 Å². The summed E-state index contributed by atoms with van der Waals surface area (Å²) in [5, 5.41) is 25.4. The van der Waals surface area contributed by atoms with Crippen LogP contribution in [0.15, 0.2) is 24.5 Å². The lowest BCUT2D eigenvalue weighted by Gasteiger charge is -2.27. The number of fused-ring (bicyclic) bond motifs is 1. The third-order valence-corrected chi connectivity index (χ3v) is 6.93. The van der Waals surface area contributed by atoms with E-state index in [9.17, 15) is 19.8 Å². The Balaban J connectivity index is 1.54. The summed E-state index contributed by atoms with van der Waals surface area (Å²) in [6.07, 6.45) is 9.94. The molecule has 0 aliphatic heterocycles. The number of aromatic carboxylic acids is 2. The molecule has 5 rings (SSSR count). The van der Waals surface area contributed by atoms with Crippen molar-refractivity contribution >= 4 is 40.6 Å². The van der Waals surface area contributed by atoms with E-state index in [4.69, 9.17) is 10.7 Å². The summed E-state index contributed by atoms with van der Waals surface area (Å²) in [5.74, 6) is -1.59. The minimum absolute atomic E-state index is 0.133. The smallest absolute Gasteiger partial charge is 0.335 e. The topological polar surface area (TPSA) is 168 Å². The molecular formula is C24H29N7O4. The van der Waals surface area contributed by atoms with E-state index in [2.05, 4.69) is 25.2 Å². The van der Waals surface area contributed by atoms with Crippen molar-refractivity contribution in [2.24, 2.45) is 5.73 Å². The van der Waals surface area contributed by atoms with E-state index in [0.717, 1.165) is 57.4 Å². The molecule has 2 aliphatic rings. The van der Waals surface area contributed by atoms with E-state index in [0.29, 0.717) is 34.7 Å². The van der Waals surface area contributed by atoms with E-state index >= 15 is 0 Å². The number of imidazole rings is 1. The molecule has 0 radical (unpaired) electrons. The number of benzene rings is 1. The zero-order valence-corrected chi connectivity index (χ0v) is 19.3. The van der Waals surface area contributed by atoms with Crippen LogP contribution in [0.25, 0.3) is 11.2 Å². The molecule has 1 aromatic carbocycles. The Morgan fingerprint density at radius 2 is 1.60 bits per heavy atom. The van der Waals surface area contributed by atoms with E-state index < -0.39 is 11.9 Å². The van der Waals surface area contributed by atoms with Gasteiger partial charge in [-0.05, 0) is 56.7 Å². The quantitative estimate of drug-likeness (QED) is 0.336. The summed E-state index contributed by atoms with van der Waals surface area (Å²) in [4.78, 5) is 37.2. The molecule has 2 fully saturated rings. The maximum Gasteiger partial charge on any atom is 0.335 e. The molecule has 2 aliphatic carbocycles. The fourth-order valence-electron chi connectivity index (χ4n) is 5.05. The predicted octanol–water partition coefficient (Wildman–Crippen LogP) is 3.76. The van der Waals surface area contributed by atoms with Crippen molar-refractivity contribution in [3.63, 3.8) is 0 Å². The van der Waals surface area contributed by atoms with Gasteiger partial charge in [0.1, 0.15) is 0 Å². The van der Waals surface area contributed by atoms with Crippen LogP contribution in [0.4, 0.5) is 17.5 Å². The molecule has 0 amide bonds. The second kappa shape index (κ2) is 9.49. The van der Waals surface area contributed by atoms with Gasteiger partial charge in [-0.2, -0.15) is 9.97 Å². The van der Waals surface area contributed by atoms with Gasteiger partial charge in [-0.15, -0.1) is 0 Å². The number of rotatable bonds is 7. The van der Waals surface area contributed by atoms with Crippen molar-refractivity contribution in [3.05, 3.63) is 35.7 Å². The highest BCUT2D eigenvalue weighted by molar-refractivity contribution is 5.96. The predicted molar refractivity (Wildman–Crippen MR) is 130 cm³/mol. The van der Waals surface area contributed by atoms with Gasteiger partial charge in [0.25, 0.3) is 0 Å². The molecule has 6 N–H and O–H groups in total. The summed E-state index contributed by atoms with van der Waals surface area (Å²) in [7, 11) is 0. The monoisotopic (exact) mass is 479 g/mol. The second-order valence-electron chi connectivity index (χ2n) is 9.45. The molecule has 0 bridgehead atoms. The fourth-order valence-corrected chi connectivity index (χ4v) is 5.05. The Morgan fingerprint density at radius 1 is 0.943 bits per heavy atom. The highest BCUT2D eigenvalue weighted by atomic mass is 16.4.